The van der Waals surface area contributed by atoms with Crippen LogP contribution < -0.4 is 11.1 Å². The molecule has 0 rings (SSSR count). The molecule has 0 heterocycles. The minimum atomic E-state index is -0.658. The van der Waals surface area contributed by atoms with E-state index in [0.29, 0.717) is 26.2 Å². The number of aliphatic hydroxyl groups is 2. The highest BCUT2D eigenvalue weighted by Gasteiger charge is 2.29. The van der Waals surface area contributed by atoms with Gasteiger partial charge in [-0.25, -0.2) is 0 Å². The first-order valence-corrected chi connectivity index (χ1v) is 27.3. The van der Waals surface area contributed by atoms with Crippen molar-refractivity contribution in [3.05, 3.63) is 0 Å². The lowest BCUT2D eigenvalue weighted by Gasteiger charge is -2.33. The molecule has 13 heteroatoms. The van der Waals surface area contributed by atoms with Crippen molar-refractivity contribution in [2.24, 2.45) is 17.6 Å². The second kappa shape index (κ2) is 43.5. The molecule has 388 valence electrons. The third kappa shape index (κ3) is 32.8. The lowest BCUT2D eigenvalue weighted by Crippen LogP contribution is -2.52. The summed E-state index contributed by atoms with van der Waals surface area (Å²) in [6.45, 7) is 12.8. The fourth-order valence-electron chi connectivity index (χ4n) is 8.64. The number of primary amides is 1. The van der Waals surface area contributed by atoms with Crippen LogP contribution in [-0.4, -0.2) is 138 Å². The van der Waals surface area contributed by atoms with Crippen molar-refractivity contribution >= 4 is 29.5 Å². The summed E-state index contributed by atoms with van der Waals surface area (Å²) in [6.07, 6.45) is 30.2. The molecular weight excluding hydrogens is 833 g/mol. The summed E-state index contributed by atoms with van der Waals surface area (Å²) >= 11 is 0. The van der Waals surface area contributed by atoms with Gasteiger partial charge in [-0.3, -0.25) is 24.0 Å². The summed E-state index contributed by atoms with van der Waals surface area (Å²) in [5.74, 6) is -1.49. The normalized spacial score (nSPS) is 12.3. The van der Waals surface area contributed by atoms with Crippen LogP contribution in [0.2, 0.25) is 0 Å². The number of amides is 5. The maximum absolute atomic E-state index is 14.6. The third-order valence-electron chi connectivity index (χ3n) is 13.3. The van der Waals surface area contributed by atoms with E-state index in [2.05, 4.69) is 46.9 Å². The van der Waals surface area contributed by atoms with Gasteiger partial charge in [-0.15, -0.1) is 0 Å². The van der Waals surface area contributed by atoms with Crippen molar-refractivity contribution in [1.29, 1.82) is 0 Å². The van der Waals surface area contributed by atoms with Crippen molar-refractivity contribution in [1.82, 2.24) is 24.9 Å². The number of aliphatic hydroxyl groups excluding tert-OH is 2. The summed E-state index contributed by atoms with van der Waals surface area (Å²) in [6, 6.07) is -0.658. The van der Waals surface area contributed by atoms with Crippen LogP contribution in [0.5, 0.6) is 0 Å². The monoisotopic (exact) mass is 937 g/mol. The summed E-state index contributed by atoms with van der Waals surface area (Å²) in [5, 5.41) is 22.2. The van der Waals surface area contributed by atoms with E-state index in [-0.39, 0.29) is 81.4 Å². The number of hydrogen-bond acceptors (Lipinski definition) is 8. The lowest BCUT2D eigenvalue weighted by molar-refractivity contribution is -0.147. The molecule has 0 fully saturated rings. The zero-order valence-electron chi connectivity index (χ0n) is 43.6. The topological polar surface area (TPSA) is 177 Å². The van der Waals surface area contributed by atoms with Crippen LogP contribution in [0.15, 0.2) is 0 Å². The van der Waals surface area contributed by atoms with Crippen LogP contribution in [0.3, 0.4) is 0 Å². The Morgan fingerprint density at radius 3 is 1.09 bits per heavy atom. The molecule has 0 bridgehead atoms. The zero-order chi connectivity index (χ0) is 49.2. The molecule has 0 saturated carbocycles. The van der Waals surface area contributed by atoms with Gasteiger partial charge in [0.15, 0.2) is 0 Å². The van der Waals surface area contributed by atoms with Crippen molar-refractivity contribution in [2.45, 2.75) is 227 Å². The summed E-state index contributed by atoms with van der Waals surface area (Å²) in [5.41, 5.74) is 5.68. The van der Waals surface area contributed by atoms with E-state index >= 15 is 0 Å². The molecule has 0 aromatic rings. The van der Waals surface area contributed by atoms with Gasteiger partial charge in [0.25, 0.3) is 0 Å². The van der Waals surface area contributed by atoms with Gasteiger partial charge < -0.3 is 40.9 Å². The molecule has 0 aromatic carbocycles. The molecule has 5 N–H and O–H groups in total. The van der Waals surface area contributed by atoms with Crippen LogP contribution >= 0.6 is 0 Å². The highest BCUT2D eigenvalue weighted by Crippen LogP contribution is 2.18. The number of hydrogen-bond donors (Lipinski definition) is 4. The van der Waals surface area contributed by atoms with Crippen molar-refractivity contribution in [3.8, 4) is 0 Å². The maximum Gasteiger partial charge on any atom is 0.242 e. The SMILES string of the molecule is CCCCCCCCCCCCN(CC(=O)N(CC(=O)N(CCCCCCCCCCCC)CC(=O)N(CC(N)=O)CC(CC)CCCC)CC(CC)CCCC)C(=O)CNC(CO)CO. The van der Waals surface area contributed by atoms with Crippen LogP contribution in [0.25, 0.3) is 0 Å². The number of carbonyl (C=O) groups is 5. The average molecular weight is 937 g/mol. The van der Waals surface area contributed by atoms with Crippen molar-refractivity contribution in [2.75, 3.05) is 72.1 Å². The van der Waals surface area contributed by atoms with Crippen molar-refractivity contribution in [3.63, 3.8) is 0 Å². The van der Waals surface area contributed by atoms with Crippen molar-refractivity contribution < 1.29 is 34.2 Å². The third-order valence-corrected chi connectivity index (χ3v) is 13.3. The van der Waals surface area contributed by atoms with E-state index in [1.165, 1.54) is 81.9 Å². The standard InChI is InChI=1S/C53H104N6O7/c1-7-13-17-19-21-23-25-27-29-31-35-56(50(63)37-55-48(44-60)45-61)41-53(66)59(39-47(12-6)34-16-10-4)43-51(64)57(36-32-30-28-26-24-22-20-18-14-8-2)42-52(65)58(40-49(54)62)38-46(11-5)33-15-9-3/h46-48,55,60-61H,7-45H2,1-6H3,(H2,54,62). The van der Waals surface area contributed by atoms with E-state index in [0.717, 1.165) is 103 Å². The second-order valence-corrected chi connectivity index (χ2v) is 19.3. The van der Waals surface area contributed by atoms with Gasteiger partial charge in [-0.05, 0) is 37.5 Å². The highest BCUT2D eigenvalue weighted by molar-refractivity contribution is 5.91. The van der Waals surface area contributed by atoms with E-state index in [1.807, 2.05) is 0 Å². The van der Waals surface area contributed by atoms with E-state index in [9.17, 15) is 34.2 Å². The zero-order valence-corrected chi connectivity index (χ0v) is 43.6. The van der Waals surface area contributed by atoms with Gasteiger partial charge in [-0.1, -0.05) is 196 Å². The van der Waals surface area contributed by atoms with E-state index in [4.69, 9.17) is 5.73 Å². The lowest BCUT2D eigenvalue weighted by atomic mass is 9.98. The van der Waals surface area contributed by atoms with Gasteiger partial charge in [0.2, 0.25) is 29.5 Å². The predicted molar refractivity (Wildman–Crippen MR) is 272 cm³/mol. The maximum atomic E-state index is 14.6. The van der Waals surface area contributed by atoms with Crippen LogP contribution in [0.1, 0.15) is 221 Å². The average Bonchev–Trinajstić information content (AvgIpc) is 3.31. The van der Waals surface area contributed by atoms with Crippen LogP contribution in [0, 0.1) is 11.8 Å². The van der Waals surface area contributed by atoms with Gasteiger partial charge in [0.1, 0.15) is 0 Å². The second-order valence-electron chi connectivity index (χ2n) is 19.3. The van der Waals surface area contributed by atoms with Gasteiger partial charge in [0, 0.05) is 26.2 Å². The van der Waals surface area contributed by atoms with E-state index < -0.39 is 11.9 Å². The molecule has 0 radical (unpaired) electrons. The number of unbranched alkanes of at least 4 members (excludes halogenated alkanes) is 20. The Morgan fingerprint density at radius 1 is 0.424 bits per heavy atom. The molecule has 2 unspecified atom stereocenters. The Kier molecular flexibility index (Phi) is 41.7. The number of rotatable bonds is 47. The minimum Gasteiger partial charge on any atom is -0.395 e. The Labute approximate surface area is 404 Å². The Morgan fingerprint density at radius 2 is 0.742 bits per heavy atom. The van der Waals surface area contributed by atoms with Gasteiger partial charge >= 0.3 is 0 Å². The molecule has 0 spiro atoms. The predicted octanol–water partition coefficient (Wildman–Crippen LogP) is 9.00. The molecule has 0 aromatic heterocycles. The fourth-order valence-corrected chi connectivity index (χ4v) is 8.64. The Bertz CT molecular complexity index is 1220. The van der Waals surface area contributed by atoms with Crippen LogP contribution in [0.4, 0.5) is 0 Å². The largest absolute Gasteiger partial charge is 0.395 e. The molecule has 0 aliphatic carbocycles. The quantitative estimate of drug-likeness (QED) is 0.0437. The van der Waals surface area contributed by atoms with E-state index in [1.54, 1.807) is 14.7 Å². The molecular formula is C53H104N6O7. The summed E-state index contributed by atoms with van der Waals surface area (Å²) in [7, 11) is 0. The summed E-state index contributed by atoms with van der Waals surface area (Å²) in [4.78, 5) is 75.6. The smallest absolute Gasteiger partial charge is 0.242 e. The van der Waals surface area contributed by atoms with Gasteiger partial charge in [-0.2, -0.15) is 0 Å². The fraction of sp³-hybridized carbons (Fsp3) is 0.906. The Hall–Kier alpha value is -2.77. The molecule has 2 atom stereocenters. The first-order chi connectivity index (χ1) is 31.9. The number of nitrogens with one attached hydrogen (secondary N) is 1. The molecule has 0 aliphatic heterocycles. The first kappa shape index (κ1) is 63.2. The summed E-state index contributed by atoms with van der Waals surface area (Å²) < 4.78 is 0. The number of nitrogens with two attached hydrogens (primary N) is 1. The molecule has 5 amide bonds. The molecule has 13 nitrogen and oxygen atoms in total. The van der Waals surface area contributed by atoms with Gasteiger partial charge in [0.05, 0.1) is 52.0 Å². The number of carbonyl (C=O) groups excluding carboxylic acids is 5. The molecule has 66 heavy (non-hydrogen) atoms. The molecule has 0 aliphatic rings. The minimum absolute atomic E-state index is 0.141. The number of nitrogens with zero attached hydrogens (tertiary/aromatic N) is 4. The van der Waals surface area contributed by atoms with Crippen LogP contribution in [-0.2, 0) is 24.0 Å². The first-order valence-electron chi connectivity index (χ1n) is 27.3. The molecule has 0 saturated heterocycles. The highest BCUT2D eigenvalue weighted by atomic mass is 16.3. The Balaban J connectivity index is 6.45.